The van der Waals surface area contributed by atoms with Crippen LogP contribution >= 0.6 is 11.6 Å². The van der Waals surface area contributed by atoms with Gasteiger partial charge in [-0.15, -0.1) is 0 Å². The molecule has 2 heterocycles. The number of pyridine rings is 1. The lowest BCUT2D eigenvalue weighted by Crippen LogP contribution is -2.08. The number of carbonyl (C=O) groups is 1. The number of carboxylic acid groups (broad SMARTS) is 1. The van der Waals surface area contributed by atoms with E-state index in [-0.39, 0.29) is 23.3 Å². The molecular formula is C14H11ClN2O4. The van der Waals surface area contributed by atoms with Gasteiger partial charge in [0.2, 0.25) is 6.79 Å². The topological polar surface area (TPSA) is 80.7 Å². The van der Waals surface area contributed by atoms with Gasteiger partial charge < -0.3 is 19.9 Å². The van der Waals surface area contributed by atoms with E-state index in [1.807, 2.05) is 18.2 Å². The minimum absolute atomic E-state index is 0.0696. The largest absolute Gasteiger partial charge is 0.478 e. The highest BCUT2D eigenvalue weighted by molar-refractivity contribution is 6.29. The quantitative estimate of drug-likeness (QED) is 0.845. The smallest absolute Gasteiger partial charge is 0.339 e. The number of hydrogen-bond acceptors (Lipinski definition) is 5. The van der Waals surface area contributed by atoms with Crippen molar-refractivity contribution in [3.63, 3.8) is 0 Å². The number of fused-ring (bicyclic) bond motifs is 1. The van der Waals surface area contributed by atoms with Gasteiger partial charge in [0.15, 0.2) is 11.5 Å². The summed E-state index contributed by atoms with van der Waals surface area (Å²) in [5.74, 6) is 0.540. The lowest BCUT2D eigenvalue weighted by Gasteiger charge is -2.09. The number of ether oxygens (including phenoxy) is 2. The van der Waals surface area contributed by atoms with Crippen molar-refractivity contribution in [1.82, 2.24) is 4.98 Å². The van der Waals surface area contributed by atoms with Crippen LogP contribution in [0.4, 0.5) is 5.82 Å². The third kappa shape index (κ3) is 2.85. The Morgan fingerprint density at radius 2 is 2.10 bits per heavy atom. The highest BCUT2D eigenvalue weighted by Gasteiger charge is 2.15. The standard InChI is InChI=1S/C14H11ClN2O4/c15-12-4-2-9(14(18)19)13(17-12)16-6-8-1-3-10-11(5-8)21-7-20-10/h1-5H,6-7H2,(H,16,17)(H,18,19). The van der Waals surface area contributed by atoms with Crippen molar-refractivity contribution in [2.45, 2.75) is 6.54 Å². The molecule has 0 amide bonds. The molecule has 1 aromatic carbocycles. The summed E-state index contributed by atoms with van der Waals surface area (Å²) < 4.78 is 10.5. The van der Waals surface area contributed by atoms with Crippen LogP contribution < -0.4 is 14.8 Å². The summed E-state index contributed by atoms with van der Waals surface area (Å²) in [5.41, 5.74) is 0.984. The molecule has 3 rings (SSSR count). The number of anilines is 1. The molecule has 108 valence electrons. The van der Waals surface area contributed by atoms with E-state index in [1.54, 1.807) is 0 Å². The van der Waals surface area contributed by atoms with Gasteiger partial charge in [0.05, 0.1) is 0 Å². The Morgan fingerprint density at radius 3 is 2.90 bits per heavy atom. The highest BCUT2D eigenvalue weighted by Crippen LogP contribution is 2.32. The number of hydrogen-bond donors (Lipinski definition) is 2. The Kier molecular flexibility index (Phi) is 3.53. The Labute approximate surface area is 125 Å². The van der Waals surface area contributed by atoms with E-state index < -0.39 is 5.97 Å². The van der Waals surface area contributed by atoms with E-state index in [0.29, 0.717) is 18.0 Å². The molecule has 1 aromatic heterocycles. The molecule has 0 bridgehead atoms. The van der Waals surface area contributed by atoms with Gasteiger partial charge in [0.25, 0.3) is 0 Å². The van der Waals surface area contributed by atoms with Crippen LogP contribution in [0.15, 0.2) is 30.3 Å². The predicted molar refractivity (Wildman–Crippen MR) is 76.1 cm³/mol. The van der Waals surface area contributed by atoms with Crippen molar-refractivity contribution in [2.24, 2.45) is 0 Å². The van der Waals surface area contributed by atoms with Gasteiger partial charge in [-0.3, -0.25) is 0 Å². The molecule has 21 heavy (non-hydrogen) atoms. The predicted octanol–water partition coefficient (Wildman–Crippen LogP) is 2.77. The second kappa shape index (κ2) is 5.49. The van der Waals surface area contributed by atoms with Crippen LogP contribution in [0.2, 0.25) is 5.15 Å². The third-order valence-corrected chi connectivity index (χ3v) is 3.20. The zero-order chi connectivity index (χ0) is 14.8. The van der Waals surface area contributed by atoms with Gasteiger partial charge in [0, 0.05) is 6.54 Å². The molecule has 2 N–H and O–H groups in total. The Hall–Kier alpha value is -2.47. The van der Waals surface area contributed by atoms with Crippen LogP contribution in [-0.4, -0.2) is 22.9 Å². The summed E-state index contributed by atoms with van der Waals surface area (Å²) in [5, 5.41) is 12.3. The molecule has 0 unspecified atom stereocenters. The lowest BCUT2D eigenvalue weighted by molar-refractivity contribution is 0.0697. The SMILES string of the molecule is O=C(O)c1ccc(Cl)nc1NCc1ccc2c(c1)OCO2. The first-order chi connectivity index (χ1) is 10.1. The minimum Gasteiger partial charge on any atom is -0.478 e. The summed E-state index contributed by atoms with van der Waals surface area (Å²) in [6.45, 7) is 0.607. The summed E-state index contributed by atoms with van der Waals surface area (Å²) in [6, 6.07) is 8.37. The minimum atomic E-state index is -1.06. The molecule has 1 aliphatic rings. The molecule has 0 aliphatic carbocycles. The van der Waals surface area contributed by atoms with E-state index >= 15 is 0 Å². The first-order valence-electron chi connectivity index (χ1n) is 6.16. The van der Waals surface area contributed by atoms with Crippen molar-refractivity contribution in [3.8, 4) is 11.5 Å². The average Bonchev–Trinajstić information content (AvgIpc) is 2.92. The van der Waals surface area contributed by atoms with Crippen LogP contribution in [0.3, 0.4) is 0 Å². The maximum Gasteiger partial charge on any atom is 0.339 e. The van der Waals surface area contributed by atoms with Crippen LogP contribution in [0.1, 0.15) is 15.9 Å². The molecule has 0 radical (unpaired) electrons. The molecular weight excluding hydrogens is 296 g/mol. The fourth-order valence-electron chi connectivity index (χ4n) is 1.98. The summed E-state index contributed by atoms with van der Waals surface area (Å²) in [7, 11) is 0. The van der Waals surface area contributed by atoms with Crippen LogP contribution in [-0.2, 0) is 6.54 Å². The molecule has 0 saturated heterocycles. The van der Waals surface area contributed by atoms with E-state index in [9.17, 15) is 4.79 Å². The number of benzene rings is 1. The average molecular weight is 307 g/mol. The number of nitrogens with one attached hydrogen (secondary N) is 1. The Bertz CT molecular complexity index is 705. The number of halogens is 1. The molecule has 6 nitrogen and oxygen atoms in total. The normalized spacial score (nSPS) is 12.2. The number of aromatic carboxylic acids is 1. The van der Waals surface area contributed by atoms with Gasteiger partial charge >= 0.3 is 5.97 Å². The Balaban J connectivity index is 1.78. The molecule has 1 aliphatic heterocycles. The second-order valence-corrected chi connectivity index (χ2v) is 4.76. The van der Waals surface area contributed by atoms with Gasteiger partial charge in [-0.05, 0) is 29.8 Å². The summed E-state index contributed by atoms with van der Waals surface area (Å²) in [6.07, 6.45) is 0. The number of nitrogens with zero attached hydrogens (tertiary/aromatic N) is 1. The lowest BCUT2D eigenvalue weighted by atomic mass is 10.2. The first kappa shape index (κ1) is 13.5. The van der Waals surface area contributed by atoms with E-state index in [4.69, 9.17) is 26.2 Å². The van der Waals surface area contributed by atoms with Crippen LogP contribution in [0.5, 0.6) is 11.5 Å². The summed E-state index contributed by atoms with van der Waals surface area (Å²) in [4.78, 5) is 15.1. The van der Waals surface area contributed by atoms with Crippen molar-refractivity contribution in [1.29, 1.82) is 0 Å². The van der Waals surface area contributed by atoms with Crippen LogP contribution in [0, 0.1) is 0 Å². The molecule has 7 heteroatoms. The third-order valence-electron chi connectivity index (χ3n) is 2.99. The van der Waals surface area contributed by atoms with E-state index in [0.717, 1.165) is 5.56 Å². The molecule has 0 spiro atoms. The monoisotopic (exact) mass is 306 g/mol. The van der Waals surface area contributed by atoms with Gasteiger partial charge in [-0.25, -0.2) is 9.78 Å². The number of aromatic nitrogens is 1. The van der Waals surface area contributed by atoms with E-state index in [2.05, 4.69) is 10.3 Å². The second-order valence-electron chi connectivity index (χ2n) is 4.38. The molecule has 2 aromatic rings. The highest BCUT2D eigenvalue weighted by atomic mass is 35.5. The van der Waals surface area contributed by atoms with Gasteiger partial charge in [-0.2, -0.15) is 0 Å². The van der Waals surface area contributed by atoms with Crippen molar-refractivity contribution >= 4 is 23.4 Å². The zero-order valence-corrected chi connectivity index (χ0v) is 11.6. The zero-order valence-electron chi connectivity index (χ0n) is 10.8. The van der Waals surface area contributed by atoms with Crippen LogP contribution in [0.25, 0.3) is 0 Å². The molecule has 0 fully saturated rings. The maximum atomic E-state index is 11.1. The van der Waals surface area contributed by atoms with E-state index in [1.165, 1.54) is 12.1 Å². The maximum absolute atomic E-state index is 11.1. The number of rotatable bonds is 4. The summed E-state index contributed by atoms with van der Waals surface area (Å²) >= 11 is 5.80. The van der Waals surface area contributed by atoms with Crippen molar-refractivity contribution < 1.29 is 19.4 Å². The fourth-order valence-corrected chi connectivity index (χ4v) is 2.13. The van der Waals surface area contributed by atoms with Crippen molar-refractivity contribution in [3.05, 3.63) is 46.6 Å². The fraction of sp³-hybridized carbons (Fsp3) is 0.143. The van der Waals surface area contributed by atoms with Gasteiger partial charge in [-0.1, -0.05) is 17.7 Å². The van der Waals surface area contributed by atoms with Crippen molar-refractivity contribution in [2.75, 3.05) is 12.1 Å². The van der Waals surface area contributed by atoms with Gasteiger partial charge in [0.1, 0.15) is 16.5 Å². The Morgan fingerprint density at radius 1 is 1.29 bits per heavy atom. The first-order valence-corrected chi connectivity index (χ1v) is 6.53. The molecule has 0 atom stereocenters. The molecule has 0 saturated carbocycles. The number of carboxylic acids is 1.